The predicted octanol–water partition coefficient (Wildman–Crippen LogP) is 2.40. The van der Waals surface area contributed by atoms with Gasteiger partial charge in [0.15, 0.2) is 0 Å². The molecule has 3 nitrogen and oxygen atoms in total. The number of amides is 1. The van der Waals surface area contributed by atoms with E-state index in [9.17, 15) is 4.79 Å². The second-order valence-corrected chi connectivity index (χ2v) is 4.68. The zero-order chi connectivity index (χ0) is 12.6. The Morgan fingerprint density at radius 3 is 1.88 bits per heavy atom. The Morgan fingerprint density at radius 2 is 1.56 bits per heavy atom. The Hall–Kier alpha value is -0.570. The quantitative estimate of drug-likeness (QED) is 0.693. The number of hydrogen-bond donors (Lipinski definition) is 1. The van der Waals surface area contributed by atoms with E-state index in [2.05, 4.69) is 13.8 Å². The molecular weight excluding hydrogens is 200 g/mol. The number of nitrogens with zero attached hydrogens (tertiary/aromatic N) is 1. The molecule has 2 atom stereocenters. The van der Waals surface area contributed by atoms with Crippen LogP contribution in [0.2, 0.25) is 0 Å². The van der Waals surface area contributed by atoms with Crippen LogP contribution in [0, 0.1) is 5.92 Å². The Kier molecular flexibility index (Phi) is 8.26. The first-order chi connectivity index (χ1) is 7.54. The van der Waals surface area contributed by atoms with Crippen LogP contribution in [0.15, 0.2) is 0 Å². The predicted molar refractivity (Wildman–Crippen MR) is 69.2 cm³/mol. The lowest BCUT2D eigenvalue weighted by Gasteiger charge is -2.27. The summed E-state index contributed by atoms with van der Waals surface area (Å²) in [6.07, 6.45) is 4.42. The monoisotopic (exact) mass is 228 g/mol. The highest BCUT2D eigenvalue weighted by molar-refractivity contribution is 5.79. The number of carbonyl (C=O) groups excluding carboxylic acids is 1. The SMILES string of the molecule is CCCCN(CCCC)C(=O)C(C)C(C)N. The maximum atomic E-state index is 12.1. The first-order valence-corrected chi connectivity index (χ1v) is 6.58. The highest BCUT2D eigenvalue weighted by Crippen LogP contribution is 2.09. The molecule has 0 rings (SSSR count). The van der Waals surface area contributed by atoms with Crippen LogP contribution in [0.25, 0.3) is 0 Å². The summed E-state index contributed by atoms with van der Waals surface area (Å²) in [5.74, 6) is 0.158. The summed E-state index contributed by atoms with van der Waals surface area (Å²) in [5, 5.41) is 0. The van der Waals surface area contributed by atoms with Crippen LogP contribution in [0.3, 0.4) is 0 Å². The lowest BCUT2D eigenvalue weighted by molar-refractivity contribution is -0.135. The number of carbonyl (C=O) groups is 1. The molecule has 0 aromatic carbocycles. The van der Waals surface area contributed by atoms with E-state index in [0.717, 1.165) is 38.8 Å². The standard InChI is InChI=1S/C13H28N2O/c1-5-7-9-15(10-8-6-2)13(16)11(3)12(4)14/h11-12H,5-10,14H2,1-4H3. The molecule has 0 fully saturated rings. The minimum Gasteiger partial charge on any atom is -0.342 e. The fourth-order valence-corrected chi connectivity index (χ4v) is 1.54. The van der Waals surface area contributed by atoms with E-state index in [1.807, 2.05) is 18.7 Å². The van der Waals surface area contributed by atoms with E-state index >= 15 is 0 Å². The van der Waals surface area contributed by atoms with E-state index in [-0.39, 0.29) is 17.9 Å². The van der Waals surface area contributed by atoms with Gasteiger partial charge < -0.3 is 10.6 Å². The Bertz CT molecular complexity index is 184. The number of unbranched alkanes of at least 4 members (excludes halogenated alkanes) is 2. The van der Waals surface area contributed by atoms with Gasteiger partial charge in [-0.15, -0.1) is 0 Å². The van der Waals surface area contributed by atoms with Gasteiger partial charge in [-0.05, 0) is 19.8 Å². The van der Waals surface area contributed by atoms with Gasteiger partial charge in [0.05, 0.1) is 5.92 Å². The maximum Gasteiger partial charge on any atom is 0.226 e. The molecule has 2 N–H and O–H groups in total. The van der Waals surface area contributed by atoms with Gasteiger partial charge in [-0.2, -0.15) is 0 Å². The van der Waals surface area contributed by atoms with Crippen LogP contribution in [0.4, 0.5) is 0 Å². The Morgan fingerprint density at radius 1 is 1.12 bits per heavy atom. The molecule has 0 aromatic rings. The summed E-state index contributed by atoms with van der Waals surface area (Å²) in [7, 11) is 0. The summed E-state index contributed by atoms with van der Waals surface area (Å²) in [4.78, 5) is 14.1. The third-order valence-corrected chi connectivity index (χ3v) is 3.05. The van der Waals surface area contributed by atoms with Crippen molar-refractivity contribution in [1.29, 1.82) is 0 Å². The van der Waals surface area contributed by atoms with Gasteiger partial charge in [-0.3, -0.25) is 4.79 Å². The summed E-state index contributed by atoms with van der Waals surface area (Å²) >= 11 is 0. The highest BCUT2D eigenvalue weighted by Gasteiger charge is 2.22. The van der Waals surface area contributed by atoms with Crippen LogP contribution >= 0.6 is 0 Å². The molecule has 96 valence electrons. The smallest absolute Gasteiger partial charge is 0.226 e. The fourth-order valence-electron chi connectivity index (χ4n) is 1.54. The molecule has 0 saturated carbocycles. The molecule has 0 aliphatic carbocycles. The third kappa shape index (κ3) is 5.50. The van der Waals surface area contributed by atoms with Crippen molar-refractivity contribution in [2.24, 2.45) is 11.7 Å². The van der Waals surface area contributed by atoms with Crippen LogP contribution in [0.5, 0.6) is 0 Å². The Balaban J connectivity index is 4.29. The lowest BCUT2D eigenvalue weighted by atomic mass is 10.0. The van der Waals surface area contributed by atoms with Gasteiger partial charge in [0, 0.05) is 19.1 Å². The van der Waals surface area contributed by atoms with Crippen LogP contribution in [0.1, 0.15) is 53.4 Å². The van der Waals surface area contributed by atoms with Crippen molar-refractivity contribution in [2.75, 3.05) is 13.1 Å². The normalized spacial score (nSPS) is 14.6. The van der Waals surface area contributed by atoms with E-state index in [0.29, 0.717) is 0 Å². The molecule has 0 heterocycles. The molecule has 0 spiro atoms. The van der Waals surface area contributed by atoms with Crippen molar-refractivity contribution in [2.45, 2.75) is 59.4 Å². The largest absolute Gasteiger partial charge is 0.342 e. The summed E-state index contributed by atoms with van der Waals surface area (Å²) in [6.45, 7) is 9.89. The Labute approximate surface area is 100 Å². The van der Waals surface area contributed by atoms with Crippen molar-refractivity contribution >= 4 is 5.91 Å². The second kappa shape index (κ2) is 8.57. The van der Waals surface area contributed by atoms with E-state index in [1.165, 1.54) is 0 Å². The minimum atomic E-state index is -0.0614. The van der Waals surface area contributed by atoms with Crippen LogP contribution < -0.4 is 5.73 Å². The van der Waals surface area contributed by atoms with Crippen molar-refractivity contribution in [3.05, 3.63) is 0 Å². The molecule has 0 aliphatic rings. The molecule has 1 amide bonds. The van der Waals surface area contributed by atoms with Gasteiger partial charge in [-0.25, -0.2) is 0 Å². The molecule has 3 heteroatoms. The number of nitrogens with two attached hydrogens (primary N) is 1. The van der Waals surface area contributed by atoms with Crippen molar-refractivity contribution in [3.8, 4) is 0 Å². The van der Waals surface area contributed by atoms with Gasteiger partial charge in [0.1, 0.15) is 0 Å². The highest BCUT2D eigenvalue weighted by atomic mass is 16.2. The molecule has 16 heavy (non-hydrogen) atoms. The topological polar surface area (TPSA) is 46.3 Å². The van der Waals surface area contributed by atoms with E-state index < -0.39 is 0 Å². The zero-order valence-corrected chi connectivity index (χ0v) is 11.3. The van der Waals surface area contributed by atoms with E-state index in [1.54, 1.807) is 0 Å². The zero-order valence-electron chi connectivity index (χ0n) is 11.3. The second-order valence-electron chi connectivity index (χ2n) is 4.68. The maximum absolute atomic E-state index is 12.1. The van der Waals surface area contributed by atoms with Gasteiger partial charge in [0.25, 0.3) is 0 Å². The first kappa shape index (κ1) is 15.4. The molecule has 2 unspecified atom stereocenters. The fraction of sp³-hybridized carbons (Fsp3) is 0.923. The van der Waals surface area contributed by atoms with Gasteiger partial charge in [0.2, 0.25) is 5.91 Å². The van der Waals surface area contributed by atoms with Crippen molar-refractivity contribution in [1.82, 2.24) is 4.90 Å². The minimum absolute atomic E-state index is 0.0572. The van der Waals surface area contributed by atoms with Gasteiger partial charge in [-0.1, -0.05) is 33.6 Å². The molecule has 0 saturated heterocycles. The van der Waals surface area contributed by atoms with Crippen molar-refractivity contribution < 1.29 is 4.79 Å². The molecule has 0 bridgehead atoms. The number of rotatable bonds is 8. The molecule has 0 aliphatic heterocycles. The average molecular weight is 228 g/mol. The number of hydrogen-bond acceptors (Lipinski definition) is 2. The van der Waals surface area contributed by atoms with Crippen molar-refractivity contribution in [3.63, 3.8) is 0 Å². The first-order valence-electron chi connectivity index (χ1n) is 6.58. The molecular formula is C13H28N2O. The average Bonchev–Trinajstić information content (AvgIpc) is 2.27. The third-order valence-electron chi connectivity index (χ3n) is 3.05. The van der Waals surface area contributed by atoms with Gasteiger partial charge >= 0.3 is 0 Å². The molecule has 0 radical (unpaired) electrons. The summed E-state index contributed by atoms with van der Waals surface area (Å²) < 4.78 is 0. The van der Waals surface area contributed by atoms with Crippen LogP contribution in [-0.4, -0.2) is 29.9 Å². The van der Waals surface area contributed by atoms with E-state index in [4.69, 9.17) is 5.73 Å². The summed E-state index contributed by atoms with van der Waals surface area (Å²) in [5.41, 5.74) is 5.78. The molecule has 0 aromatic heterocycles. The summed E-state index contributed by atoms with van der Waals surface area (Å²) in [6, 6.07) is -0.0572. The van der Waals surface area contributed by atoms with Crippen LogP contribution in [-0.2, 0) is 4.79 Å². The lowest BCUT2D eigenvalue weighted by Crippen LogP contribution is -2.42.